The molecular weight excluding hydrogens is 374 g/mol. The molecule has 3 aromatic rings. The summed E-state index contributed by atoms with van der Waals surface area (Å²) >= 11 is 0. The smallest absolute Gasteiger partial charge is 0.410 e. The number of benzene rings is 1. The molecule has 0 atom stereocenters. The number of carbonyl (C=O) groups excluding carboxylic acids is 1. The third kappa shape index (κ3) is 4.20. The van der Waals surface area contributed by atoms with E-state index in [9.17, 15) is 4.79 Å². The minimum atomic E-state index is -2.72. The summed E-state index contributed by atoms with van der Waals surface area (Å²) in [4.78, 5) is 18.2. The Morgan fingerprint density at radius 1 is 1.27 bits per heavy atom. The van der Waals surface area contributed by atoms with Crippen LogP contribution in [0.1, 0.15) is 62.6 Å². The van der Waals surface area contributed by atoms with Crippen LogP contribution in [0.2, 0.25) is 0 Å². The highest BCUT2D eigenvalue weighted by Crippen LogP contribution is 2.32. The predicted molar refractivity (Wildman–Crippen MR) is 120 cm³/mol. The minimum Gasteiger partial charge on any atom is -0.444 e. The highest BCUT2D eigenvalue weighted by Gasteiger charge is 2.29. The zero-order valence-corrected chi connectivity index (χ0v) is 17.2. The molecule has 1 aliphatic rings. The third-order valence-electron chi connectivity index (χ3n) is 4.88. The SMILES string of the molecule is [2H]C([2H])([2H])c1ccc2c(c1)c1c(n2C([2H])([2H])C([2H])([2H])c2ccc(C([2H])([2H])[2H])nc2)CCN(C(=O)OC(C)(C)C)C1. The number of fused-ring (bicyclic) bond motifs is 3. The third-order valence-corrected chi connectivity index (χ3v) is 4.88. The molecule has 0 saturated heterocycles. The molecule has 0 unspecified atom stereocenters. The molecule has 3 heterocycles. The number of pyridine rings is 1. The Morgan fingerprint density at radius 2 is 2.13 bits per heavy atom. The van der Waals surface area contributed by atoms with Gasteiger partial charge in [0.15, 0.2) is 0 Å². The van der Waals surface area contributed by atoms with E-state index in [-0.39, 0.29) is 41.8 Å². The Kier molecular flexibility index (Phi) is 2.99. The van der Waals surface area contributed by atoms with E-state index in [0.717, 1.165) is 12.3 Å². The Bertz CT molecular complexity index is 1430. The molecule has 5 heteroatoms. The van der Waals surface area contributed by atoms with Crippen molar-refractivity contribution in [1.82, 2.24) is 14.5 Å². The van der Waals surface area contributed by atoms with E-state index in [2.05, 4.69) is 4.98 Å². The molecule has 0 N–H and O–H groups in total. The van der Waals surface area contributed by atoms with Gasteiger partial charge < -0.3 is 14.2 Å². The molecule has 0 spiro atoms. The van der Waals surface area contributed by atoms with Gasteiger partial charge in [0.1, 0.15) is 5.60 Å². The number of ether oxygens (including phenoxy) is 1. The number of aromatic nitrogens is 2. The normalized spacial score (nSPS) is 20.8. The van der Waals surface area contributed by atoms with Crippen molar-refractivity contribution in [3.63, 3.8) is 0 Å². The monoisotopic (exact) mass is 415 g/mol. The number of hydrogen-bond donors (Lipinski definition) is 0. The molecule has 0 fully saturated rings. The van der Waals surface area contributed by atoms with E-state index in [0.29, 0.717) is 16.6 Å². The first-order valence-corrected chi connectivity index (χ1v) is 9.77. The molecule has 30 heavy (non-hydrogen) atoms. The van der Waals surface area contributed by atoms with Crippen molar-refractivity contribution in [2.45, 2.75) is 65.9 Å². The summed E-state index contributed by atoms with van der Waals surface area (Å²) in [6.07, 6.45) is -2.06. The lowest BCUT2D eigenvalue weighted by atomic mass is 10.0. The van der Waals surface area contributed by atoms with Crippen LogP contribution in [0, 0.1) is 13.7 Å². The van der Waals surface area contributed by atoms with Gasteiger partial charge in [-0.15, -0.1) is 0 Å². The average Bonchev–Trinajstić information content (AvgIpc) is 3.15. The van der Waals surface area contributed by atoms with Crippen molar-refractivity contribution in [3.05, 3.63) is 64.6 Å². The number of aryl methyl sites for hydroxylation is 4. The fourth-order valence-electron chi connectivity index (χ4n) is 3.56. The van der Waals surface area contributed by atoms with Crippen LogP contribution in [0.5, 0.6) is 0 Å². The number of amides is 1. The molecule has 0 radical (unpaired) electrons. The molecule has 2 aromatic heterocycles. The van der Waals surface area contributed by atoms with Gasteiger partial charge in [-0.25, -0.2) is 4.79 Å². The minimum absolute atomic E-state index is 0.0200. The maximum Gasteiger partial charge on any atom is 0.410 e. The summed E-state index contributed by atoms with van der Waals surface area (Å²) in [5.41, 5.74) is 0.0954. The zero-order valence-electron chi connectivity index (χ0n) is 27.2. The van der Waals surface area contributed by atoms with E-state index in [1.807, 2.05) is 0 Å². The predicted octanol–water partition coefficient (Wildman–Crippen LogP) is 5.19. The summed E-state index contributed by atoms with van der Waals surface area (Å²) in [5, 5.41) is 0.396. The molecule has 4 rings (SSSR count). The maximum atomic E-state index is 12.9. The lowest BCUT2D eigenvalue weighted by Gasteiger charge is -2.30. The van der Waals surface area contributed by atoms with Gasteiger partial charge in [-0.2, -0.15) is 0 Å². The van der Waals surface area contributed by atoms with Crippen LogP contribution in [0.4, 0.5) is 4.79 Å². The molecule has 1 aliphatic heterocycles. The van der Waals surface area contributed by atoms with Gasteiger partial charge in [-0.1, -0.05) is 17.7 Å². The first-order chi connectivity index (χ1) is 18.1. The van der Waals surface area contributed by atoms with Gasteiger partial charge in [-0.3, -0.25) is 4.98 Å². The van der Waals surface area contributed by atoms with Crippen LogP contribution in [0.25, 0.3) is 10.9 Å². The second-order valence-corrected chi connectivity index (χ2v) is 8.31. The topological polar surface area (TPSA) is 47.4 Å². The fourth-order valence-corrected chi connectivity index (χ4v) is 3.56. The van der Waals surface area contributed by atoms with Crippen LogP contribution in [0.15, 0.2) is 36.5 Å². The van der Waals surface area contributed by atoms with Crippen molar-refractivity contribution in [1.29, 1.82) is 0 Å². The molecule has 158 valence electrons. The number of rotatable bonds is 3. The maximum absolute atomic E-state index is 12.9. The van der Waals surface area contributed by atoms with E-state index in [1.165, 1.54) is 33.7 Å². The lowest BCUT2D eigenvalue weighted by Crippen LogP contribution is -2.40. The van der Waals surface area contributed by atoms with Gasteiger partial charge in [0.05, 0.1) is 9.29 Å². The van der Waals surface area contributed by atoms with Crippen molar-refractivity contribution in [3.8, 4) is 0 Å². The quantitative estimate of drug-likeness (QED) is 0.591. The van der Waals surface area contributed by atoms with Gasteiger partial charge in [-0.05, 0) is 64.6 Å². The highest BCUT2D eigenvalue weighted by molar-refractivity contribution is 5.87. The summed E-state index contributed by atoms with van der Waals surface area (Å²) in [5.74, 6) is 0. The van der Waals surface area contributed by atoms with Crippen molar-refractivity contribution >= 4 is 17.0 Å². The second-order valence-electron chi connectivity index (χ2n) is 8.31. The largest absolute Gasteiger partial charge is 0.444 e. The van der Waals surface area contributed by atoms with Crippen LogP contribution >= 0.6 is 0 Å². The second kappa shape index (κ2) is 7.78. The lowest BCUT2D eigenvalue weighted by molar-refractivity contribution is 0.0223. The summed E-state index contributed by atoms with van der Waals surface area (Å²) in [6.45, 7) is -2.24. The standard InChI is InChI=1S/C25H31N3O2/c1-17-6-9-22-20(14-17)21-16-27(24(29)30-25(3,4)5)12-11-23(21)28(22)13-10-19-8-7-18(2)26-15-19/h6-9,14-15H,10-13,16H2,1-5H3/i1D3,2D3,10D2,13D2. The zero-order chi connectivity index (χ0) is 30.1. The first-order valence-electron chi connectivity index (χ1n) is 14.8. The molecule has 1 aromatic carbocycles. The number of hydrogen-bond acceptors (Lipinski definition) is 3. The fraction of sp³-hybridized carbons (Fsp3) is 0.440. The molecule has 5 nitrogen and oxygen atoms in total. The van der Waals surface area contributed by atoms with E-state index < -0.39 is 38.3 Å². The molecule has 0 aliphatic carbocycles. The Balaban J connectivity index is 1.87. The first kappa shape index (κ1) is 11.5. The van der Waals surface area contributed by atoms with Crippen LogP contribution < -0.4 is 0 Å². The van der Waals surface area contributed by atoms with E-state index >= 15 is 0 Å². The van der Waals surface area contributed by atoms with Gasteiger partial charge in [0, 0.05) is 64.5 Å². The van der Waals surface area contributed by atoms with E-state index in [4.69, 9.17) is 18.4 Å². The van der Waals surface area contributed by atoms with Gasteiger partial charge in [0.2, 0.25) is 0 Å². The Labute approximate surface area is 192 Å². The Hall–Kier alpha value is -2.82. The van der Waals surface area contributed by atoms with Crippen molar-refractivity contribution in [2.24, 2.45) is 0 Å². The van der Waals surface area contributed by atoms with E-state index in [1.54, 1.807) is 20.8 Å². The molecule has 0 saturated carbocycles. The van der Waals surface area contributed by atoms with Crippen LogP contribution in [-0.4, -0.2) is 32.7 Å². The van der Waals surface area contributed by atoms with Crippen molar-refractivity contribution in [2.75, 3.05) is 6.54 Å². The van der Waals surface area contributed by atoms with Crippen LogP contribution in [-0.2, 0) is 30.6 Å². The van der Waals surface area contributed by atoms with Crippen LogP contribution in [0.3, 0.4) is 0 Å². The molecular formula is C25H31N3O2. The van der Waals surface area contributed by atoms with Gasteiger partial charge in [0.25, 0.3) is 0 Å². The van der Waals surface area contributed by atoms with Gasteiger partial charge >= 0.3 is 6.09 Å². The summed E-state index contributed by atoms with van der Waals surface area (Å²) in [6, 6.07) is 6.62. The summed E-state index contributed by atoms with van der Waals surface area (Å²) < 4.78 is 88.6. The highest BCUT2D eigenvalue weighted by atomic mass is 16.6. The molecule has 0 bridgehead atoms. The number of nitrogens with zero attached hydrogens (tertiary/aromatic N) is 3. The molecule has 1 amide bonds. The number of carbonyl (C=O) groups is 1. The Morgan fingerprint density at radius 3 is 2.83 bits per heavy atom. The summed E-state index contributed by atoms with van der Waals surface area (Å²) in [7, 11) is 0. The van der Waals surface area contributed by atoms with Crippen molar-refractivity contribution < 1.29 is 23.2 Å². The average molecular weight is 416 g/mol.